The average molecular weight is 304 g/mol. The van der Waals surface area contributed by atoms with Crippen LogP contribution < -0.4 is 0 Å². The van der Waals surface area contributed by atoms with Crippen LogP contribution in [0.4, 0.5) is 0 Å². The molecule has 1 aromatic heterocycles. The first-order chi connectivity index (χ1) is 9.65. The summed E-state index contributed by atoms with van der Waals surface area (Å²) < 4.78 is 0. The fraction of sp³-hybridized carbons (Fsp3) is 0.667. The van der Waals surface area contributed by atoms with Crippen molar-refractivity contribution in [3.63, 3.8) is 0 Å². The molecule has 0 aromatic carbocycles. The topological polar surface area (TPSA) is 167 Å². The minimum atomic E-state index is -3.00. The van der Waals surface area contributed by atoms with Crippen molar-refractivity contribution in [1.82, 2.24) is 9.97 Å². The third-order valence-electron chi connectivity index (χ3n) is 3.16. The van der Waals surface area contributed by atoms with Crippen LogP contribution in [0.25, 0.3) is 0 Å². The molecule has 2 atom stereocenters. The van der Waals surface area contributed by atoms with E-state index in [1.807, 2.05) is 0 Å². The van der Waals surface area contributed by atoms with Gasteiger partial charge in [0.1, 0.15) is 11.8 Å². The fourth-order valence-corrected chi connectivity index (χ4v) is 1.56. The van der Waals surface area contributed by atoms with Crippen molar-refractivity contribution in [2.24, 2.45) is 0 Å². The number of rotatable bonds is 7. The second-order valence-electron chi connectivity index (χ2n) is 4.76. The number of aliphatic hydroxyl groups excluding tert-OH is 3. The third-order valence-corrected chi connectivity index (χ3v) is 3.16. The molecule has 0 bridgehead atoms. The Balaban J connectivity index is 2.88. The number of aliphatic hydroxyl groups is 7. The molecule has 0 amide bonds. The van der Waals surface area contributed by atoms with E-state index in [0.29, 0.717) is 0 Å². The Kier molecular flexibility index (Phi) is 5.70. The standard InChI is InChI=1S/C12H20N2O7/c1-2-11(18,19)12(20,21)10-5-13-7(4-14-10)3-8(16)9(17)6-15/h4-5,8-9,15-21H,2-3,6H2,1H3. The normalized spacial score (nSPS) is 15.8. The zero-order chi connectivity index (χ0) is 16.3. The van der Waals surface area contributed by atoms with Crippen LogP contribution in [-0.2, 0) is 12.2 Å². The van der Waals surface area contributed by atoms with Crippen LogP contribution in [-0.4, -0.2) is 70.3 Å². The van der Waals surface area contributed by atoms with Crippen molar-refractivity contribution in [1.29, 1.82) is 0 Å². The third kappa shape index (κ3) is 3.92. The van der Waals surface area contributed by atoms with E-state index in [9.17, 15) is 30.6 Å². The Morgan fingerprint density at radius 3 is 2.10 bits per heavy atom. The number of hydrogen-bond donors (Lipinski definition) is 7. The first kappa shape index (κ1) is 17.9. The fourth-order valence-electron chi connectivity index (χ4n) is 1.56. The number of hydrogen-bond acceptors (Lipinski definition) is 9. The highest BCUT2D eigenvalue weighted by Gasteiger charge is 2.48. The molecule has 0 aliphatic heterocycles. The van der Waals surface area contributed by atoms with E-state index in [-0.39, 0.29) is 18.5 Å². The lowest BCUT2D eigenvalue weighted by atomic mass is 10.00. The molecular formula is C12H20N2O7. The molecule has 0 saturated carbocycles. The van der Waals surface area contributed by atoms with Crippen molar-refractivity contribution >= 4 is 0 Å². The van der Waals surface area contributed by atoms with E-state index in [0.717, 1.165) is 12.4 Å². The Hall–Kier alpha value is -1.20. The SMILES string of the molecule is CCC(O)(O)C(O)(O)c1cnc(CC(O)C(O)CO)cn1. The summed E-state index contributed by atoms with van der Waals surface area (Å²) >= 11 is 0. The summed E-state index contributed by atoms with van der Waals surface area (Å²) in [6, 6.07) is 0. The second-order valence-corrected chi connectivity index (χ2v) is 4.76. The lowest BCUT2D eigenvalue weighted by Gasteiger charge is -2.33. The summed E-state index contributed by atoms with van der Waals surface area (Å²) in [4.78, 5) is 7.46. The largest absolute Gasteiger partial charge is 0.394 e. The van der Waals surface area contributed by atoms with Gasteiger partial charge in [0.25, 0.3) is 5.79 Å². The van der Waals surface area contributed by atoms with Crippen molar-refractivity contribution in [3.8, 4) is 0 Å². The van der Waals surface area contributed by atoms with Gasteiger partial charge < -0.3 is 35.7 Å². The van der Waals surface area contributed by atoms with Crippen LogP contribution in [0.15, 0.2) is 12.4 Å². The molecule has 2 unspecified atom stereocenters. The van der Waals surface area contributed by atoms with Crippen LogP contribution in [0.2, 0.25) is 0 Å². The van der Waals surface area contributed by atoms with E-state index in [2.05, 4.69) is 9.97 Å². The maximum atomic E-state index is 9.74. The van der Waals surface area contributed by atoms with Crippen molar-refractivity contribution in [2.45, 2.75) is 43.5 Å². The van der Waals surface area contributed by atoms with E-state index in [4.69, 9.17) is 5.11 Å². The molecule has 21 heavy (non-hydrogen) atoms. The van der Waals surface area contributed by atoms with Crippen LogP contribution in [0.3, 0.4) is 0 Å². The molecule has 1 aromatic rings. The Labute approximate surface area is 120 Å². The van der Waals surface area contributed by atoms with E-state index in [1.165, 1.54) is 6.92 Å². The molecule has 9 heteroatoms. The molecule has 0 spiro atoms. The van der Waals surface area contributed by atoms with Gasteiger partial charge in [-0.15, -0.1) is 0 Å². The van der Waals surface area contributed by atoms with Gasteiger partial charge in [-0.2, -0.15) is 0 Å². The first-order valence-electron chi connectivity index (χ1n) is 6.33. The molecule has 1 rings (SSSR count). The second kappa shape index (κ2) is 6.71. The van der Waals surface area contributed by atoms with E-state index in [1.54, 1.807) is 0 Å². The van der Waals surface area contributed by atoms with Gasteiger partial charge in [0.05, 0.1) is 24.6 Å². The van der Waals surface area contributed by atoms with Crippen LogP contribution in [0, 0.1) is 0 Å². The van der Waals surface area contributed by atoms with Gasteiger partial charge in [-0.05, 0) is 0 Å². The summed E-state index contributed by atoms with van der Waals surface area (Å²) in [5.74, 6) is -5.80. The smallest absolute Gasteiger partial charge is 0.264 e. The molecule has 9 nitrogen and oxygen atoms in total. The van der Waals surface area contributed by atoms with Gasteiger partial charge in [0, 0.05) is 19.0 Å². The quantitative estimate of drug-likeness (QED) is 0.259. The first-order valence-corrected chi connectivity index (χ1v) is 6.33. The summed E-state index contributed by atoms with van der Waals surface area (Å²) in [7, 11) is 0. The van der Waals surface area contributed by atoms with Crippen molar-refractivity contribution in [2.75, 3.05) is 6.61 Å². The predicted octanol–water partition coefficient (Wildman–Crippen LogP) is -3.04. The Bertz CT molecular complexity index is 449. The van der Waals surface area contributed by atoms with Gasteiger partial charge in [-0.3, -0.25) is 9.97 Å². The zero-order valence-electron chi connectivity index (χ0n) is 11.5. The van der Waals surface area contributed by atoms with Crippen LogP contribution in [0.1, 0.15) is 24.7 Å². The van der Waals surface area contributed by atoms with Gasteiger partial charge in [0.2, 0.25) is 5.79 Å². The molecule has 0 fully saturated rings. The molecule has 1 heterocycles. The molecule has 0 aliphatic rings. The van der Waals surface area contributed by atoms with Crippen LogP contribution in [0.5, 0.6) is 0 Å². The summed E-state index contributed by atoms with van der Waals surface area (Å²) in [6.07, 6.45) is -1.04. The minimum absolute atomic E-state index is 0.115. The monoisotopic (exact) mass is 304 g/mol. The van der Waals surface area contributed by atoms with Gasteiger partial charge >= 0.3 is 0 Å². The molecule has 0 saturated heterocycles. The molecule has 0 radical (unpaired) electrons. The average Bonchev–Trinajstić information content (AvgIpc) is 2.46. The molecule has 7 N–H and O–H groups in total. The highest BCUT2D eigenvalue weighted by molar-refractivity contribution is 5.11. The Morgan fingerprint density at radius 1 is 1.05 bits per heavy atom. The summed E-state index contributed by atoms with van der Waals surface area (Å²) in [5.41, 5.74) is -0.261. The lowest BCUT2D eigenvalue weighted by Crippen LogP contribution is -2.52. The van der Waals surface area contributed by atoms with E-state index >= 15 is 0 Å². The zero-order valence-corrected chi connectivity index (χ0v) is 11.5. The minimum Gasteiger partial charge on any atom is -0.394 e. The van der Waals surface area contributed by atoms with Gasteiger partial charge in [-0.25, -0.2) is 0 Å². The molecule has 120 valence electrons. The Morgan fingerprint density at radius 2 is 1.67 bits per heavy atom. The maximum absolute atomic E-state index is 9.74. The maximum Gasteiger partial charge on any atom is 0.264 e. The predicted molar refractivity (Wildman–Crippen MR) is 68.4 cm³/mol. The number of nitrogens with zero attached hydrogens (tertiary/aromatic N) is 2. The molecular weight excluding hydrogens is 284 g/mol. The van der Waals surface area contributed by atoms with Crippen molar-refractivity contribution in [3.05, 3.63) is 23.8 Å². The van der Waals surface area contributed by atoms with Crippen molar-refractivity contribution < 1.29 is 35.7 Å². The van der Waals surface area contributed by atoms with E-state index < -0.39 is 36.1 Å². The highest BCUT2D eigenvalue weighted by Crippen LogP contribution is 2.29. The van der Waals surface area contributed by atoms with Crippen LogP contribution >= 0.6 is 0 Å². The lowest BCUT2D eigenvalue weighted by molar-refractivity contribution is -0.368. The number of aromatic nitrogens is 2. The highest BCUT2D eigenvalue weighted by atomic mass is 16.6. The summed E-state index contributed by atoms with van der Waals surface area (Å²) in [5, 5.41) is 65.9. The summed E-state index contributed by atoms with van der Waals surface area (Å²) in [6.45, 7) is 0.729. The van der Waals surface area contributed by atoms with Gasteiger partial charge in [-0.1, -0.05) is 6.92 Å². The molecule has 0 aliphatic carbocycles. The van der Waals surface area contributed by atoms with Gasteiger partial charge in [0.15, 0.2) is 0 Å².